The quantitative estimate of drug-likeness (QED) is 0.749. The van der Waals surface area contributed by atoms with Crippen LogP contribution >= 0.6 is 23.4 Å². The number of hydrogen-bond acceptors (Lipinski definition) is 7. The maximum absolute atomic E-state index is 11.5. The molecule has 2 heterocycles. The highest BCUT2D eigenvalue weighted by Gasteiger charge is 2.11. The van der Waals surface area contributed by atoms with Gasteiger partial charge in [-0.2, -0.15) is 24.7 Å². The summed E-state index contributed by atoms with van der Waals surface area (Å²) in [5, 5.41) is 4.31. The van der Waals surface area contributed by atoms with Crippen molar-refractivity contribution < 1.29 is 4.79 Å². The fraction of sp³-hybridized carbons (Fsp3) is 0.333. The Kier molecular flexibility index (Phi) is 4.27. The Balaban J connectivity index is 2.16. The van der Waals surface area contributed by atoms with E-state index in [-0.39, 0.29) is 22.9 Å². The fourth-order valence-corrected chi connectivity index (χ4v) is 2.07. The molecule has 0 fully saturated rings. The highest BCUT2D eigenvalue weighted by molar-refractivity contribution is 7.99. The van der Waals surface area contributed by atoms with E-state index in [9.17, 15) is 4.79 Å². The summed E-state index contributed by atoms with van der Waals surface area (Å²) < 4.78 is 1.37. The SMILES string of the molecule is CN(C)C(=O)CSc1nc(Cl)nc(-n2cncn2)n1. The van der Waals surface area contributed by atoms with Gasteiger partial charge >= 0.3 is 0 Å². The van der Waals surface area contributed by atoms with E-state index >= 15 is 0 Å². The molecule has 1 amide bonds. The predicted molar refractivity (Wildman–Crippen MR) is 69.2 cm³/mol. The lowest BCUT2D eigenvalue weighted by Crippen LogP contribution is -2.23. The molecule has 2 aromatic heterocycles. The van der Waals surface area contributed by atoms with Crippen LogP contribution in [0.25, 0.3) is 5.95 Å². The maximum Gasteiger partial charge on any atom is 0.257 e. The second kappa shape index (κ2) is 5.93. The Bertz CT molecular complexity index is 574. The van der Waals surface area contributed by atoms with Crippen molar-refractivity contribution >= 4 is 29.3 Å². The molecular formula is C9H10ClN7OS. The minimum Gasteiger partial charge on any atom is -0.348 e. The Morgan fingerprint density at radius 3 is 2.84 bits per heavy atom. The van der Waals surface area contributed by atoms with Crippen molar-refractivity contribution in [2.24, 2.45) is 0 Å². The van der Waals surface area contributed by atoms with Crippen molar-refractivity contribution in [3.63, 3.8) is 0 Å². The number of halogens is 1. The van der Waals surface area contributed by atoms with Crippen molar-refractivity contribution in [1.82, 2.24) is 34.6 Å². The molecule has 0 N–H and O–H groups in total. The van der Waals surface area contributed by atoms with Crippen LogP contribution in [0.3, 0.4) is 0 Å². The molecule has 100 valence electrons. The number of aromatic nitrogens is 6. The molecule has 0 saturated heterocycles. The molecule has 10 heteroatoms. The number of carbonyl (C=O) groups is 1. The van der Waals surface area contributed by atoms with Gasteiger partial charge in [0.1, 0.15) is 12.7 Å². The fourth-order valence-electron chi connectivity index (χ4n) is 1.06. The minimum atomic E-state index is -0.0381. The van der Waals surface area contributed by atoms with Crippen LogP contribution in [-0.4, -0.2) is 60.4 Å². The molecule has 0 bridgehead atoms. The Morgan fingerprint density at radius 1 is 1.42 bits per heavy atom. The predicted octanol–water partition coefficient (Wildman–Crippen LogP) is 0.286. The van der Waals surface area contributed by atoms with Crippen LogP contribution in [0.15, 0.2) is 17.8 Å². The first-order valence-electron chi connectivity index (χ1n) is 5.16. The third-order valence-corrected chi connectivity index (χ3v) is 3.02. The molecule has 2 rings (SSSR count). The van der Waals surface area contributed by atoms with E-state index in [0.717, 1.165) is 0 Å². The smallest absolute Gasteiger partial charge is 0.257 e. The molecule has 0 atom stereocenters. The third kappa shape index (κ3) is 3.61. The van der Waals surface area contributed by atoms with Crippen molar-refractivity contribution in [3.05, 3.63) is 17.9 Å². The summed E-state index contributed by atoms with van der Waals surface area (Å²) in [7, 11) is 3.37. The van der Waals surface area contributed by atoms with E-state index < -0.39 is 0 Å². The lowest BCUT2D eigenvalue weighted by molar-refractivity contribution is -0.125. The van der Waals surface area contributed by atoms with Crippen molar-refractivity contribution in [3.8, 4) is 5.95 Å². The average molecular weight is 300 g/mol. The first kappa shape index (κ1) is 13.7. The molecule has 0 aliphatic heterocycles. The van der Waals surface area contributed by atoms with Gasteiger partial charge in [0, 0.05) is 14.1 Å². The van der Waals surface area contributed by atoms with E-state index in [0.29, 0.717) is 5.16 Å². The zero-order valence-corrected chi connectivity index (χ0v) is 11.8. The molecule has 0 radical (unpaired) electrons. The molecule has 8 nitrogen and oxygen atoms in total. The van der Waals surface area contributed by atoms with Crippen LogP contribution in [0.1, 0.15) is 0 Å². The Labute approximate surface area is 118 Å². The van der Waals surface area contributed by atoms with Gasteiger partial charge in [0.05, 0.1) is 5.75 Å². The number of rotatable bonds is 4. The van der Waals surface area contributed by atoms with Gasteiger partial charge in [-0.15, -0.1) is 0 Å². The lowest BCUT2D eigenvalue weighted by Gasteiger charge is -2.09. The van der Waals surface area contributed by atoms with E-state index in [1.54, 1.807) is 14.1 Å². The summed E-state index contributed by atoms with van der Waals surface area (Å²) in [5.41, 5.74) is 0. The first-order chi connectivity index (χ1) is 9.06. The molecule has 0 unspecified atom stereocenters. The number of thioether (sulfide) groups is 1. The molecule has 0 aliphatic rings. The van der Waals surface area contributed by atoms with Gasteiger partial charge in [0.25, 0.3) is 5.95 Å². The van der Waals surface area contributed by atoms with Gasteiger partial charge in [-0.3, -0.25) is 4.79 Å². The molecule has 0 spiro atoms. The van der Waals surface area contributed by atoms with Gasteiger partial charge in [0.15, 0.2) is 5.16 Å². The zero-order valence-electron chi connectivity index (χ0n) is 10.2. The molecular weight excluding hydrogens is 290 g/mol. The first-order valence-corrected chi connectivity index (χ1v) is 6.52. The van der Waals surface area contributed by atoms with Gasteiger partial charge < -0.3 is 4.90 Å². The zero-order chi connectivity index (χ0) is 13.8. The van der Waals surface area contributed by atoms with Crippen LogP contribution in [-0.2, 0) is 4.79 Å². The van der Waals surface area contributed by atoms with Crippen molar-refractivity contribution in [1.29, 1.82) is 0 Å². The topological polar surface area (TPSA) is 89.7 Å². The molecule has 2 aromatic rings. The molecule has 0 aliphatic carbocycles. The third-order valence-electron chi connectivity index (χ3n) is 2.02. The molecule has 0 saturated carbocycles. The lowest BCUT2D eigenvalue weighted by atomic mass is 10.6. The van der Waals surface area contributed by atoms with Gasteiger partial charge in [-0.25, -0.2) is 4.98 Å². The normalized spacial score (nSPS) is 10.5. The van der Waals surface area contributed by atoms with Crippen LogP contribution < -0.4 is 0 Å². The van der Waals surface area contributed by atoms with E-state index in [4.69, 9.17) is 11.6 Å². The molecule has 0 aromatic carbocycles. The largest absolute Gasteiger partial charge is 0.348 e. The maximum atomic E-state index is 11.5. The number of carbonyl (C=O) groups excluding carboxylic acids is 1. The number of nitrogens with zero attached hydrogens (tertiary/aromatic N) is 7. The molecule has 19 heavy (non-hydrogen) atoms. The highest BCUT2D eigenvalue weighted by Crippen LogP contribution is 2.16. The van der Waals surface area contributed by atoms with Crippen molar-refractivity contribution in [2.45, 2.75) is 5.16 Å². The number of amides is 1. The van der Waals surface area contributed by atoms with Gasteiger partial charge in [-0.05, 0) is 11.6 Å². The van der Waals surface area contributed by atoms with E-state index in [1.165, 1.54) is 34.0 Å². The van der Waals surface area contributed by atoms with Crippen LogP contribution in [0, 0.1) is 0 Å². The average Bonchev–Trinajstić information content (AvgIpc) is 2.89. The minimum absolute atomic E-state index is 0.0381. The summed E-state index contributed by atoms with van der Waals surface area (Å²) in [6, 6.07) is 0. The summed E-state index contributed by atoms with van der Waals surface area (Å²) >= 11 is 7.00. The second-order valence-corrected chi connectivity index (χ2v) is 4.88. The highest BCUT2D eigenvalue weighted by atomic mass is 35.5. The van der Waals surface area contributed by atoms with Gasteiger partial charge in [0.2, 0.25) is 11.2 Å². The monoisotopic (exact) mass is 299 g/mol. The van der Waals surface area contributed by atoms with Crippen molar-refractivity contribution in [2.75, 3.05) is 19.8 Å². The van der Waals surface area contributed by atoms with E-state index in [2.05, 4.69) is 25.0 Å². The summed E-state index contributed by atoms with van der Waals surface area (Å²) in [6.07, 6.45) is 2.81. The van der Waals surface area contributed by atoms with Crippen LogP contribution in [0.4, 0.5) is 0 Å². The Hall–Kier alpha value is -1.74. The summed E-state index contributed by atoms with van der Waals surface area (Å²) in [5.74, 6) is 0.450. The van der Waals surface area contributed by atoms with Crippen LogP contribution in [0.2, 0.25) is 5.28 Å². The van der Waals surface area contributed by atoms with E-state index in [1.807, 2.05) is 0 Å². The van der Waals surface area contributed by atoms with Crippen LogP contribution in [0.5, 0.6) is 0 Å². The van der Waals surface area contributed by atoms with Gasteiger partial charge in [-0.1, -0.05) is 11.8 Å². The Morgan fingerprint density at radius 2 is 2.21 bits per heavy atom. The summed E-state index contributed by atoms with van der Waals surface area (Å²) in [6.45, 7) is 0. The summed E-state index contributed by atoms with van der Waals surface area (Å²) in [4.78, 5) is 28.8. The standard InChI is InChI=1S/C9H10ClN7OS/c1-16(2)6(18)3-19-9-14-7(10)13-8(15-9)17-5-11-4-12-17/h4-5H,3H2,1-2H3. The second-order valence-electron chi connectivity index (χ2n) is 3.60. The number of hydrogen-bond donors (Lipinski definition) is 0.